The first-order valence-corrected chi connectivity index (χ1v) is 9.50. The highest BCUT2D eigenvalue weighted by atomic mass is 35.5. The number of hydrogen-bond acceptors (Lipinski definition) is 3. The first kappa shape index (κ1) is 18.7. The predicted octanol–water partition coefficient (Wildman–Crippen LogP) is 5.08. The lowest BCUT2D eigenvalue weighted by molar-refractivity contribution is 0.136. The molecule has 1 N–H and O–H groups in total. The van der Waals surface area contributed by atoms with Crippen LogP contribution >= 0.6 is 11.6 Å². The zero-order valence-corrected chi connectivity index (χ0v) is 16.3. The fourth-order valence-electron chi connectivity index (χ4n) is 3.79. The third-order valence-corrected chi connectivity index (χ3v) is 5.20. The predicted molar refractivity (Wildman–Crippen MR) is 113 cm³/mol. The van der Waals surface area contributed by atoms with Gasteiger partial charge in [-0.15, -0.1) is 0 Å². The number of ether oxygens (including phenoxy) is 1. The van der Waals surface area contributed by atoms with Gasteiger partial charge in [0.1, 0.15) is 6.73 Å². The van der Waals surface area contributed by atoms with E-state index in [1.807, 2.05) is 66.7 Å². The topological polar surface area (TPSA) is 47.3 Å². The van der Waals surface area contributed by atoms with Crippen LogP contribution in [0.3, 0.4) is 0 Å². The number of nitrogens with zero attached hydrogens (tertiary/aromatic N) is 2. The summed E-state index contributed by atoms with van der Waals surface area (Å²) in [5, 5.41) is 12.1. The molecule has 4 nitrogen and oxygen atoms in total. The molecule has 4 aromatic rings. The van der Waals surface area contributed by atoms with Crippen molar-refractivity contribution in [3.63, 3.8) is 0 Å². The second kappa shape index (κ2) is 8.15. The molecule has 0 aliphatic heterocycles. The van der Waals surface area contributed by atoms with E-state index in [9.17, 15) is 5.11 Å². The highest BCUT2D eigenvalue weighted by Crippen LogP contribution is 2.41. The minimum Gasteiger partial charge on any atom is -0.395 e. The molecule has 2 heterocycles. The third-order valence-electron chi connectivity index (χ3n) is 4.96. The molecule has 0 spiro atoms. The Morgan fingerprint density at radius 3 is 2.54 bits per heavy atom. The Balaban J connectivity index is 2.09. The largest absolute Gasteiger partial charge is 0.395 e. The van der Waals surface area contributed by atoms with Crippen LogP contribution in [0, 0.1) is 0 Å². The van der Waals surface area contributed by atoms with Gasteiger partial charge in [0, 0.05) is 29.6 Å². The fraction of sp³-hybridized carbons (Fsp3) is 0.174. The maximum atomic E-state index is 10.4. The Labute approximate surface area is 169 Å². The second-order valence-electron chi connectivity index (χ2n) is 6.63. The molecule has 5 heteroatoms. The summed E-state index contributed by atoms with van der Waals surface area (Å²) in [5.41, 5.74) is 4.79. The standard InChI is InChI=1S/C23H21ClN2O2/c1-28-15-26-21-13-17(24)10-11-18(21)22(23(26)20-9-5-6-12-25-20)19(14-27)16-7-3-2-4-8-16/h2-13,19,27H,14-15H2,1H3. The number of aromatic nitrogens is 2. The van der Waals surface area contributed by atoms with Crippen LogP contribution in [0.15, 0.2) is 72.9 Å². The number of pyridine rings is 1. The van der Waals surface area contributed by atoms with Gasteiger partial charge in [-0.1, -0.05) is 54.1 Å². The average molecular weight is 393 g/mol. The summed E-state index contributed by atoms with van der Waals surface area (Å²) < 4.78 is 7.57. The SMILES string of the molecule is COCn1c(-c2ccccn2)c(C(CO)c2ccccc2)c2ccc(Cl)cc21. The maximum absolute atomic E-state index is 10.4. The Morgan fingerprint density at radius 1 is 1.07 bits per heavy atom. The molecule has 0 bridgehead atoms. The zero-order chi connectivity index (χ0) is 19.5. The molecule has 142 valence electrons. The Kier molecular flexibility index (Phi) is 5.44. The van der Waals surface area contributed by atoms with E-state index in [4.69, 9.17) is 16.3 Å². The van der Waals surface area contributed by atoms with Gasteiger partial charge in [0.15, 0.2) is 0 Å². The summed E-state index contributed by atoms with van der Waals surface area (Å²) in [5.74, 6) is -0.194. The Morgan fingerprint density at radius 2 is 1.86 bits per heavy atom. The van der Waals surface area contributed by atoms with Gasteiger partial charge in [-0.05, 0) is 35.4 Å². The van der Waals surface area contributed by atoms with Crippen LogP contribution in [0.5, 0.6) is 0 Å². The van der Waals surface area contributed by atoms with Crippen LogP contribution < -0.4 is 0 Å². The van der Waals surface area contributed by atoms with Crippen LogP contribution in [0.1, 0.15) is 17.0 Å². The quantitative estimate of drug-likeness (QED) is 0.497. The van der Waals surface area contributed by atoms with E-state index in [0.717, 1.165) is 33.4 Å². The number of halogens is 1. The number of aliphatic hydroxyl groups is 1. The Bertz CT molecular complexity index is 1080. The van der Waals surface area contributed by atoms with E-state index in [-0.39, 0.29) is 12.5 Å². The molecule has 0 saturated heterocycles. The van der Waals surface area contributed by atoms with Gasteiger partial charge in [-0.2, -0.15) is 0 Å². The molecule has 0 aliphatic carbocycles. The fourth-order valence-corrected chi connectivity index (χ4v) is 3.96. The van der Waals surface area contributed by atoms with Crippen molar-refractivity contribution in [2.24, 2.45) is 0 Å². The maximum Gasteiger partial charge on any atom is 0.123 e. The van der Waals surface area contributed by atoms with Crippen molar-refractivity contribution in [3.8, 4) is 11.4 Å². The monoisotopic (exact) mass is 392 g/mol. The van der Waals surface area contributed by atoms with Crippen molar-refractivity contribution in [2.75, 3.05) is 13.7 Å². The lowest BCUT2D eigenvalue weighted by Gasteiger charge is -2.18. The van der Waals surface area contributed by atoms with Gasteiger partial charge in [0.2, 0.25) is 0 Å². The van der Waals surface area contributed by atoms with Crippen molar-refractivity contribution < 1.29 is 9.84 Å². The van der Waals surface area contributed by atoms with Crippen LogP contribution in [-0.2, 0) is 11.5 Å². The van der Waals surface area contributed by atoms with Gasteiger partial charge in [0.25, 0.3) is 0 Å². The normalized spacial score (nSPS) is 12.4. The second-order valence-corrected chi connectivity index (χ2v) is 7.07. The van der Waals surface area contributed by atoms with E-state index in [1.54, 1.807) is 13.3 Å². The molecule has 2 aromatic heterocycles. The molecule has 0 saturated carbocycles. The van der Waals surface area contributed by atoms with Crippen molar-refractivity contribution >= 4 is 22.5 Å². The number of fused-ring (bicyclic) bond motifs is 1. The number of methoxy groups -OCH3 is 1. The smallest absolute Gasteiger partial charge is 0.123 e. The average Bonchev–Trinajstić information content (AvgIpc) is 3.04. The zero-order valence-electron chi connectivity index (χ0n) is 15.5. The molecule has 0 aliphatic rings. The first-order chi connectivity index (χ1) is 13.7. The number of hydrogen-bond donors (Lipinski definition) is 1. The summed E-state index contributed by atoms with van der Waals surface area (Å²) in [6, 6.07) is 21.7. The minimum atomic E-state index is -0.194. The van der Waals surface area contributed by atoms with Crippen molar-refractivity contribution in [3.05, 3.63) is 89.1 Å². The Hall–Kier alpha value is -2.66. The van der Waals surface area contributed by atoms with E-state index in [1.165, 1.54) is 0 Å². The van der Waals surface area contributed by atoms with Crippen LogP contribution in [0.2, 0.25) is 5.02 Å². The highest BCUT2D eigenvalue weighted by Gasteiger charge is 2.26. The van der Waals surface area contributed by atoms with Crippen molar-refractivity contribution in [1.29, 1.82) is 0 Å². The van der Waals surface area contributed by atoms with E-state index >= 15 is 0 Å². The van der Waals surface area contributed by atoms with Crippen molar-refractivity contribution in [1.82, 2.24) is 9.55 Å². The molecule has 1 atom stereocenters. The third kappa shape index (κ3) is 3.31. The molecule has 0 amide bonds. The van der Waals surface area contributed by atoms with Gasteiger partial charge in [0.05, 0.1) is 23.5 Å². The molecular formula is C23H21ClN2O2. The van der Waals surface area contributed by atoms with Crippen molar-refractivity contribution in [2.45, 2.75) is 12.6 Å². The molecule has 0 fully saturated rings. The van der Waals surface area contributed by atoms with E-state index in [2.05, 4.69) is 9.55 Å². The molecule has 28 heavy (non-hydrogen) atoms. The lowest BCUT2D eigenvalue weighted by Crippen LogP contribution is -2.09. The summed E-state index contributed by atoms with van der Waals surface area (Å²) >= 11 is 6.31. The van der Waals surface area contributed by atoms with Gasteiger partial charge >= 0.3 is 0 Å². The highest BCUT2D eigenvalue weighted by molar-refractivity contribution is 6.31. The van der Waals surface area contributed by atoms with Crippen LogP contribution in [0.4, 0.5) is 0 Å². The number of aliphatic hydroxyl groups excluding tert-OH is 1. The molecular weight excluding hydrogens is 372 g/mol. The molecule has 4 rings (SSSR count). The minimum absolute atomic E-state index is 0.0153. The van der Waals surface area contributed by atoms with E-state index in [0.29, 0.717) is 11.8 Å². The van der Waals surface area contributed by atoms with Gasteiger partial charge in [-0.3, -0.25) is 4.98 Å². The van der Waals surface area contributed by atoms with Crippen LogP contribution in [0.25, 0.3) is 22.3 Å². The molecule has 2 aromatic carbocycles. The molecule has 0 radical (unpaired) electrons. The van der Waals surface area contributed by atoms with Gasteiger partial charge in [-0.25, -0.2) is 0 Å². The number of benzene rings is 2. The molecule has 1 unspecified atom stereocenters. The summed E-state index contributed by atoms with van der Waals surface area (Å²) in [6.07, 6.45) is 1.78. The summed E-state index contributed by atoms with van der Waals surface area (Å²) in [4.78, 5) is 4.59. The van der Waals surface area contributed by atoms with Gasteiger partial charge < -0.3 is 14.4 Å². The van der Waals surface area contributed by atoms with E-state index < -0.39 is 0 Å². The first-order valence-electron chi connectivity index (χ1n) is 9.12. The van der Waals surface area contributed by atoms with Crippen LogP contribution in [-0.4, -0.2) is 28.4 Å². The lowest BCUT2D eigenvalue weighted by atomic mass is 9.89. The number of rotatable bonds is 6. The summed E-state index contributed by atoms with van der Waals surface area (Å²) in [7, 11) is 1.67. The summed E-state index contributed by atoms with van der Waals surface area (Å²) in [6.45, 7) is 0.342.